The molecule has 4 heteroatoms. The predicted molar refractivity (Wildman–Crippen MR) is 73.8 cm³/mol. The molecule has 2 aromatic rings. The molecule has 0 bridgehead atoms. The maximum absolute atomic E-state index is 13.8. The lowest BCUT2D eigenvalue weighted by Gasteiger charge is -2.16. The van der Waals surface area contributed by atoms with Gasteiger partial charge < -0.3 is 5.73 Å². The van der Waals surface area contributed by atoms with E-state index in [4.69, 9.17) is 5.73 Å². The fraction of sp³-hybridized carbons (Fsp3) is 0.214. The summed E-state index contributed by atoms with van der Waals surface area (Å²) in [6.45, 7) is 3.81. The highest BCUT2D eigenvalue weighted by Gasteiger charge is 2.16. The third kappa shape index (κ3) is 2.60. The van der Waals surface area contributed by atoms with E-state index in [1.54, 1.807) is 12.1 Å². The fourth-order valence-corrected chi connectivity index (χ4v) is 2.33. The van der Waals surface area contributed by atoms with Crippen molar-refractivity contribution in [2.75, 3.05) is 0 Å². The summed E-state index contributed by atoms with van der Waals surface area (Å²) in [5.74, 6) is -0.300. The highest BCUT2D eigenvalue weighted by atomic mass is 79.9. The molecule has 0 saturated carbocycles. The summed E-state index contributed by atoms with van der Waals surface area (Å²) in [5, 5.41) is 0. The van der Waals surface area contributed by atoms with Crippen molar-refractivity contribution in [2.45, 2.75) is 19.9 Å². The van der Waals surface area contributed by atoms with Gasteiger partial charge in [-0.25, -0.2) is 4.39 Å². The number of hydrogen-bond donors (Lipinski definition) is 1. The van der Waals surface area contributed by atoms with Crippen LogP contribution >= 0.6 is 15.9 Å². The van der Waals surface area contributed by atoms with Gasteiger partial charge in [-0.05, 0) is 43.7 Å². The van der Waals surface area contributed by atoms with E-state index in [1.807, 2.05) is 26.0 Å². The Bertz CT molecular complexity index is 584. The van der Waals surface area contributed by atoms with Crippen LogP contribution in [0.1, 0.15) is 28.6 Å². The van der Waals surface area contributed by atoms with Crippen molar-refractivity contribution < 1.29 is 4.39 Å². The summed E-state index contributed by atoms with van der Waals surface area (Å²) in [6, 6.07) is 8.07. The molecule has 18 heavy (non-hydrogen) atoms. The third-order valence-electron chi connectivity index (χ3n) is 2.89. The first-order chi connectivity index (χ1) is 8.49. The van der Waals surface area contributed by atoms with E-state index in [2.05, 4.69) is 20.9 Å². The standard InChI is InChI=1S/C14H14BrFN2/c1-8-3-5-11(9(2)18-8)14(17)12-7-10(15)4-6-13(12)16/h3-7,14H,17H2,1-2H3. The van der Waals surface area contributed by atoms with Crippen molar-refractivity contribution in [1.29, 1.82) is 0 Å². The Hall–Kier alpha value is -1.26. The van der Waals surface area contributed by atoms with Crippen LogP contribution in [0.3, 0.4) is 0 Å². The van der Waals surface area contributed by atoms with Crippen LogP contribution in [0.2, 0.25) is 0 Å². The second-order valence-corrected chi connectivity index (χ2v) is 5.19. The number of rotatable bonds is 2. The number of aryl methyl sites for hydroxylation is 2. The average Bonchev–Trinajstić information content (AvgIpc) is 2.31. The van der Waals surface area contributed by atoms with E-state index in [0.29, 0.717) is 5.56 Å². The number of benzene rings is 1. The molecule has 2 rings (SSSR count). The summed E-state index contributed by atoms with van der Waals surface area (Å²) < 4.78 is 14.6. The zero-order chi connectivity index (χ0) is 13.3. The van der Waals surface area contributed by atoms with Gasteiger partial charge in [0.05, 0.1) is 6.04 Å². The quantitative estimate of drug-likeness (QED) is 0.919. The zero-order valence-electron chi connectivity index (χ0n) is 10.2. The van der Waals surface area contributed by atoms with E-state index in [0.717, 1.165) is 21.4 Å². The maximum atomic E-state index is 13.8. The minimum Gasteiger partial charge on any atom is -0.320 e. The van der Waals surface area contributed by atoms with Crippen molar-refractivity contribution in [3.05, 3.63) is 63.1 Å². The van der Waals surface area contributed by atoms with Crippen LogP contribution in [0, 0.1) is 19.7 Å². The zero-order valence-corrected chi connectivity index (χ0v) is 11.8. The molecule has 94 valence electrons. The van der Waals surface area contributed by atoms with Gasteiger partial charge in [-0.3, -0.25) is 4.98 Å². The van der Waals surface area contributed by atoms with Crippen LogP contribution in [0.15, 0.2) is 34.8 Å². The molecule has 1 aromatic carbocycles. The molecule has 0 spiro atoms. The second-order valence-electron chi connectivity index (χ2n) is 4.27. The SMILES string of the molecule is Cc1ccc(C(N)c2cc(Br)ccc2F)c(C)n1. The van der Waals surface area contributed by atoms with Crippen molar-refractivity contribution in [3.63, 3.8) is 0 Å². The Balaban J connectivity index is 2.47. The minimum atomic E-state index is -0.504. The molecule has 0 aliphatic rings. The largest absolute Gasteiger partial charge is 0.320 e. The van der Waals surface area contributed by atoms with Gasteiger partial charge in [0.15, 0.2) is 0 Å². The van der Waals surface area contributed by atoms with E-state index < -0.39 is 6.04 Å². The molecule has 0 saturated heterocycles. The highest BCUT2D eigenvalue weighted by molar-refractivity contribution is 9.10. The lowest BCUT2D eigenvalue weighted by atomic mass is 9.98. The van der Waals surface area contributed by atoms with Gasteiger partial charge in [-0.15, -0.1) is 0 Å². The Morgan fingerprint density at radius 1 is 1.17 bits per heavy atom. The first-order valence-electron chi connectivity index (χ1n) is 5.63. The molecule has 0 radical (unpaired) electrons. The first kappa shape index (κ1) is 13.2. The molecule has 1 atom stereocenters. The molecule has 1 unspecified atom stereocenters. The van der Waals surface area contributed by atoms with Gasteiger partial charge in [0, 0.05) is 21.4 Å². The number of hydrogen-bond acceptors (Lipinski definition) is 2. The summed E-state index contributed by atoms with van der Waals surface area (Å²) in [4.78, 5) is 4.36. The number of pyridine rings is 1. The average molecular weight is 309 g/mol. The topological polar surface area (TPSA) is 38.9 Å². The smallest absolute Gasteiger partial charge is 0.128 e. The van der Waals surface area contributed by atoms with Crippen LogP contribution in [-0.4, -0.2) is 4.98 Å². The van der Waals surface area contributed by atoms with Crippen LogP contribution in [0.5, 0.6) is 0 Å². The van der Waals surface area contributed by atoms with Gasteiger partial charge in [-0.1, -0.05) is 22.0 Å². The second kappa shape index (κ2) is 5.16. The molecule has 1 aromatic heterocycles. The maximum Gasteiger partial charge on any atom is 0.128 e. The number of halogens is 2. The molecule has 2 N–H and O–H groups in total. The molecule has 1 heterocycles. The number of nitrogens with two attached hydrogens (primary N) is 1. The van der Waals surface area contributed by atoms with E-state index in [-0.39, 0.29) is 5.82 Å². The Kier molecular flexibility index (Phi) is 3.78. The van der Waals surface area contributed by atoms with Crippen LogP contribution in [-0.2, 0) is 0 Å². The van der Waals surface area contributed by atoms with E-state index in [9.17, 15) is 4.39 Å². The number of nitrogens with zero attached hydrogens (tertiary/aromatic N) is 1. The number of aromatic nitrogens is 1. The fourth-order valence-electron chi connectivity index (χ4n) is 1.95. The van der Waals surface area contributed by atoms with Crippen molar-refractivity contribution in [2.24, 2.45) is 5.73 Å². The normalized spacial score (nSPS) is 12.5. The van der Waals surface area contributed by atoms with Gasteiger partial charge in [0.2, 0.25) is 0 Å². The molecule has 0 amide bonds. The summed E-state index contributed by atoms with van der Waals surface area (Å²) in [7, 11) is 0. The molecule has 0 aliphatic heterocycles. The van der Waals surface area contributed by atoms with Crippen LogP contribution < -0.4 is 5.73 Å². The third-order valence-corrected chi connectivity index (χ3v) is 3.39. The summed E-state index contributed by atoms with van der Waals surface area (Å²) >= 11 is 3.33. The molecular formula is C14H14BrFN2. The van der Waals surface area contributed by atoms with E-state index in [1.165, 1.54) is 6.07 Å². The van der Waals surface area contributed by atoms with Gasteiger partial charge in [0.25, 0.3) is 0 Å². The Morgan fingerprint density at radius 2 is 1.89 bits per heavy atom. The lowest BCUT2D eigenvalue weighted by Crippen LogP contribution is -2.15. The molecule has 2 nitrogen and oxygen atoms in total. The Morgan fingerprint density at radius 3 is 2.56 bits per heavy atom. The van der Waals surface area contributed by atoms with E-state index >= 15 is 0 Å². The monoisotopic (exact) mass is 308 g/mol. The van der Waals surface area contributed by atoms with Gasteiger partial charge in [-0.2, -0.15) is 0 Å². The lowest BCUT2D eigenvalue weighted by molar-refractivity contribution is 0.598. The van der Waals surface area contributed by atoms with Crippen LogP contribution in [0.4, 0.5) is 4.39 Å². The van der Waals surface area contributed by atoms with Crippen molar-refractivity contribution >= 4 is 15.9 Å². The highest BCUT2D eigenvalue weighted by Crippen LogP contribution is 2.26. The van der Waals surface area contributed by atoms with Crippen molar-refractivity contribution in [1.82, 2.24) is 4.98 Å². The summed E-state index contributed by atoms with van der Waals surface area (Å²) in [6.07, 6.45) is 0. The Labute approximate surface area is 114 Å². The minimum absolute atomic E-state index is 0.300. The summed E-state index contributed by atoms with van der Waals surface area (Å²) in [5.41, 5.74) is 9.22. The van der Waals surface area contributed by atoms with Gasteiger partial charge in [0.1, 0.15) is 5.82 Å². The van der Waals surface area contributed by atoms with Gasteiger partial charge >= 0.3 is 0 Å². The van der Waals surface area contributed by atoms with Crippen molar-refractivity contribution in [3.8, 4) is 0 Å². The molecular weight excluding hydrogens is 295 g/mol. The first-order valence-corrected chi connectivity index (χ1v) is 6.43. The predicted octanol–water partition coefficient (Wildman–Crippen LogP) is 3.65. The van der Waals surface area contributed by atoms with Crippen LogP contribution in [0.25, 0.3) is 0 Å². The molecule has 0 fully saturated rings. The molecule has 0 aliphatic carbocycles.